The third-order valence-electron chi connectivity index (χ3n) is 4.45. The number of benzene rings is 2. The van der Waals surface area contributed by atoms with E-state index in [0.29, 0.717) is 5.56 Å². The zero-order valence-corrected chi connectivity index (χ0v) is 14.1. The maximum Gasteiger partial charge on any atom is 0.325 e. The first-order valence-corrected chi connectivity index (χ1v) is 7.85. The molecule has 0 aliphatic carbocycles. The summed E-state index contributed by atoms with van der Waals surface area (Å²) in [7, 11) is 0. The summed E-state index contributed by atoms with van der Waals surface area (Å²) >= 11 is 0. The highest BCUT2D eigenvalue weighted by molar-refractivity contribution is 6.07. The van der Waals surface area contributed by atoms with E-state index in [9.17, 15) is 29.8 Å². The lowest BCUT2D eigenvalue weighted by molar-refractivity contribution is -0.385. The van der Waals surface area contributed by atoms with Crippen molar-refractivity contribution >= 4 is 23.3 Å². The second kappa shape index (κ2) is 6.48. The van der Waals surface area contributed by atoms with Gasteiger partial charge in [0.05, 0.1) is 16.4 Å². The number of urea groups is 1. The summed E-state index contributed by atoms with van der Waals surface area (Å²) in [5.74, 6) is -0.598. The van der Waals surface area contributed by atoms with Crippen LogP contribution in [0.3, 0.4) is 0 Å². The van der Waals surface area contributed by atoms with Gasteiger partial charge in [0.25, 0.3) is 17.3 Å². The first-order valence-electron chi connectivity index (χ1n) is 7.85. The van der Waals surface area contributed by atoms with Crippen LogP contribution in [0.5, 0.6) is 0 Å². The van der Waals surface area contributed by atoms with Crippen molar-refractivity contribution in [1.82, 2.24) is 10.2 Å². The maximum atomic E-state index is 12.9. The molecule has 0 saturated carbocycles. The third-order valence-corrected chi connectivity index (χ3v) is 4.45. The van der Waals surface area contributed by atoms with Gasteiger partial charge in [-0.05, 0) is 24.6 Å². The SMILES string of the molecule is CC1(c2ccc([N+](=O)[O-])cc2)NC(=O)N(Cc2ccccc2[N+](=O)[O-])C1=O. The van der Waals surface area contributed by atoms with Gasteiger partial charge in [0.2, 0.25) is 0 Å². The van der Waals surface area contributed by atoms with Crippen LogP contribution in [0.2, 0.25) is 0 Å². The highest BCUT2D eigenvalue weighted by Gasteiger charge is 2.49. The van der Waals surface area contributed by atoms with Crippen LogP contribution in [0.1, 0.15) is 18.1 Å². The second-order valence-corrected chi connectivity index (χ2v) is 6.14. The Morgan fingerprint density at radius 2 is 1.63 bits per heavy atom. The third kappa shape index (κ3) is 3.08. The van der Waals surface area contributed by atoms with Gasteiger partial charge < -0.3 is 5.32 Å². The van der Waals surface area contributed by atoms with Gasteiger partial charge in [-0.2, -0.15) is 0 Å². The molecule has 1 aliphatic rings. The molecule has 3 amide bonds. The molecule has 0 aromatic heterocycles. The molecule has 27 heavy (non-hydrogen) atoms. The summed E-state index contributed by atoms with van der Waals surface area (Å²) in [6.07, 6.45) is 0. The van der Waals surface area contributed by atoms with E-state index in [4.69, 9.17) is 0 Å². The van der Waals surface area contributed by atoms with Crippen LogP contribution in [0.4, 0.5) is 16.2 Å². The molecule has 138 valence electrons. The number of hydrogen-bond acceptors (Lipinski definition) is 6. The summed E-state index contributed by atoms with van der Waals surface area (Å²) in [6, 6.07) is 10.4. The van der Waals surface area contributed by atoms with E-state index < -0.39 is 27.3 Å². The fourth-order valence-electron chi connectivity index (χ4n) is 2.95. The van der Waals surface area contributed by atoms with Gasteiger partial charge in [0, 0.05) is 23.8 Å². The van der Waals surface area contributed by atoms with Gasteiger partial charge in [-0.3, -0.25) is 29.9 Å². The van der Waals surface area contributed by atoms with Gasteiger partial charge in [-0.1, -0.05) is 18.2 Å². The number of nitro groups is 2. The van der Waals surface area contributed by atoms with E-state index in [1.165, 1.54) is 49.4 Å². The van der Waals surface area contributed by atoms with E-state index in [1.807, 2.05) is 0 Å². The molecule has 10 nitrogen and oxygen atoms in total. The molecule has 1 unspecified atom stereocenters. The summed E-state index contributed by atoms with van der Waals surface area (Å²) < 4.78 is 0. The van der Waals surface area contributed by atoms with Crippen LogP contribution in [-0.2, 0) is 16.9 Å². The molecule has 1 saturated heterocycles. The van der Waals surface area contributed by atoms with Gasteiger partial charge >= 0.3 is 6.03 Å². The number of hydrogen-bond donors (Lipinski definition) is 1. The van der Waals surface area contributed by atoms with Crippen LogP contribution in [-0.4, -0.2) is 26.7 Å². The Balaban J connectivity index is 1.91. The van der Waals surface area contributed by atoms with E-state index >= 15 is 0 Å². The zero-order chi connectivity index (χ0) is 19.8. The Labute approximate surface area is 152 Å². The molecular formula is C17H14N4O6. The lowest BCUT2D eigenvalue weighted by Crippen LogP contribution is -2.40. The van der Waals surface area contributed by atoms with E-state index in [2.05, 4.69) is 5.32 Å². The first-order chi connectivity index (χ1) is 12.7. The maximum absolute atomic E-state index is 12.9. The van der Waals surface area contributed by atoms with Crippen LogP contribution in [0.25, 0.3) is 0 Å². The first kappa shape index (κ1) is 18.0. The van der Waals surface area contributed by atoms with Crippen LogP contribution in [0, 0.1) is 20.2 Å². The standard InChI is InChI=1S/C17H14N4O6/c1-17(12-6-8-13(9-7-12)20(24)25)15(22)19(16(23)18-17)10-11-4-2-3-5-14(11)21(26)27/h2-9H,10H2,1H3,(H,18,23). The lowest BCUT2D eigenvalue weighted by atomic mass is 9.92. The Kier molecular flexibility index (Phi) is 4.32. The lowest BCUT2D eigenvalue weighted by Gasteiger charge is -2.22. The molecule has 3 rings (SSSR count). The monoisotopic (exact) mass is 370 g/mol. The predicted molar refractivity (Wildman–Crippen MR) is 92.6 cm³/mol. The quantitative estimate of drug-likeness (QED) is 0.488. The van der Waals surface area contributed by atoms with Crippen molar-refractivity contribution in [2.45, 2.75) is 19.0 Å². The van der Waals surface area contributed by atoms with Crippen LogP contribution in [0.15, 0.2) is 48.5 Å². The molecule has 1 fully saturated rings. The van der Waals surface area contributed by atoms with E-state index in [0.717, 1.165) is 4.90 Å². The highest BCUT2D eigenvalue weighted by Crippen LogP contribution is 2.32. The molecule has 1 aliphatic heterocycles. The molecule has 10 heteroatoms. The van der Waals surface area contributed by atoms with Crippen molar-refractivity contribution in [2.75, 3.05) is 0 Å². The van der Waals surface area contributed by atoms with Crippen LogP contribution >= 0.6 is 0 Å². The van der Waals surface area contributed by atoms with Crippen LogP contribution < -0.4 is 5.32 Å². The van der Waals surface area contributed by atoms with Crippen molar-refractivity contribution in [2.24, 2.45) is 0 Å². The van der Waals surface area contributed by atoms with Crippen molar-refractivity contribution in [3.63, 3.8) is 0 Å². The molecule has 1 atom stereocenters. The van der Waals surface area contributed by atoms with E-state index in [-0.39, 0.29) is 23.5 Å². The molecule has 0 bridgehead atoms. The summed E-state index contributed by atoms with van der Waals surface area (Å²) in [6.45, 7) is 1.22. The fourth-order valence-corrected chi connectivity index (χ4v) is 2.95. The topological polar surface area (TPSA) is 136 Å². The average Bonchev–Trinajstić information content (AvgIpc) is 2.86. The normalized spacial score (nSPS) is 19.1. The van der Waals surface area contributed by atoms with Crippen molar-refractivity contribution in [3.05, 3.63) is 79.9 Å². The van der Waals surface area contributed by atoms with Gasteiger partial charge in [0.1, 0.15) is 5.54 Å². The Hall–Kier alpha value is -3.82. The smallest absolute Gasteiger partial charge is 0.319 e. The van der Waals surface area contributed by atoms with Gasteiger partial charge in [0.15, 0.2) is 0 Å². The molecule has 1 heterocycles. The minimum atomic E-state index is -1.42. The summed E-state index contributed by atoms with van der Waals surface area (Å²) in [5, 5.41) is 24.5. The Bertz CT molecular complexity index is 958. The molecule has 2 aromatic rings. The summed E-state index contributed by atoms with van der Waals surface area (Å²) in [4.78, 5) is 46.9. The predicted octanol–water partition coefficient (Wildman–Crippen LogP) is 2.47. The van der Waals surface area contributed by atoms with E-state index in [1.54, 1.807) is 6.07 Å². The highest BCUT2D eigenvalue weighted by atomic mass is 16.6. The number of para-hydroxylation sites is 1. The molecule has 1 N–H and O–H groups in total. The molecule has 0 radical (unpaired) electrons. The summed E-state index contributed by atoms with van der Waals surface area (Å²) in [5.41, 5.74) is -1.16. The van der Waals surface area contributed by atoms with Crippen molar-refractivity contribution in [3.8, 4) is 0 Å². The number of carbonyl (C=O) groups is 2. The molecular weight excluding hydrogens is 356 g/mol. The average molecular weight is 370 g/mol. The largest absolute Gasteiger partial charge is 0.325 e. The zero-order valence-electron chi connectivity index (χ0n) is 14.1. The fraction of sp³-hybridized carbons (Fsp3) is 0.176. The number of rotatable bonds is 5. The number of nitrogens with one attached hydrogen (secondary N) is 1. The number of carbonyl (C=O) groups excluding carboxylic acids is 2. The Morgan fingerprint density at radius 3 is 2.22 bits per heavy atom. The minimum Gasteiger partial charge on any atom is -0.319 e. The van der Waals surface area contributed by atoms with Crippen molar-refractivity contribution < 1.29 is 19.4 Å². The number of amides is 3. The number of nitrogens with zero attached hydrogens (tertiary/aromatic N) is 3. The number of nitro benzene ring substituents is 2. The Morgan fingerprint density at radius 1 is 1.00 bits per heavy atom. The molecule has 0 spiro atoms. The number of imide groups is 1. The molecule has 2 aromatic carbocycles. The van der Waals surface area contributed by atoms with Crippen molar-refractivity contribution in [1.29, 1.82) is 0 Å². The van der Waals surface area contributed by atoms with Gasteiger partial charge in [-0.15, -0.1) is 0 Å². The second-order valence-electron chi connectivity index (χ2n) is 6.14. The number of non-ortho nitro benzene ring substituents is 1. The van der Waals surface area contributed by atoms with Gasteiger partial charge in [-0.25, -0.2) is 4.79 Å². The minimum absolute atomic E-state index is 0.143.